The fourth-order valence-corrected chi connectivity index (χ4v) is 2.91. The van der Waals surface area contributed by atoms with Gasteiger partial charge in [0.2, 0.25) is 5.91 Å². The van der Waals surface area contributed by atoms with E-state index in [1.165, 1.54) is 6.26 Å². The number of hydrogen-bond donors (Lipinski definition) is 3. The number of carbonyl (C=O) groups is 2. The van der Waals surface area contributed by atoms with Crippen LogP contribution in [0.25, 0.3) is 0 Å². The Morgan fingerprint density at radius 3 is 2.86 bits per heavy atom. The number of benzene rings is 1. The molecule has 0 spiro atoms. The number of imidazole rings is 1. The van der Waals surface area contributed by atoms with Crippen LogP contribution in [-0.4, -0.2) is 32.5 Å². The largest absolute Gasteiger partial charge is 0.467 e. The highest BCUT2D eigenvalue weighted by Crippen LogP contribution is 2.19. The normalized spacial score (nSPS) is 12.9. The van der Waals surface area contributed by atoms with Crippen molar-refractivity contribution in [2.75, 3.05) is 5.32 Å². The third-order valence-electron chi connectivity index (χ3n) is 4.39. The van der Waals surface area contributed by atoms with Crippen molar-refractivity contribution in [3.8, 4) is 0 Å². The highest BCUT2D eigenvalue weighted by Gasteiger charge is 2.17. The standard InChI is InChI=1S/C21H24N4O4/c1-15(12-18(26)19-6-3-11-29-19)23-21(28)16-4-2-5-17(13-16)24-20(27)7-9-25-10-8-22-14-25/h2-6,8,10-11,13-15,18,26H,7,9,12H2,1H3,(H,23,28)(H,24,27). The average molecular weight is 396 g/mol. The predicted molar refractivity (Wildman–Crippen MR) is 107 cm³/mol. The van der Waals surface area contributed by atoms with E-state index in [-0.39, 0.29) is 17.9 Å². The molecule has 29 heavy (non-hydrogen) atoms. The molecule has 2 unspecified atom stereocenters. The number of nitrogens with zero attached hydrogens (tertiary/aromatic N) is 2. The number of aromatic nitrogens is 2. The summed E-state index contributed by atoms with van der Waals surface area (Å²) in [6.07, 6.45) is 6.44. The third kappa shape index (κ3) is 6.05. The minimum Gasteiger partial charge on any atom is -0.467 e. The Bertz CT molecular complexity index is 922. The number of aryl methyl sites for hydroxylation is 1. The van der Waals surface area contributed by atoms with Gasteiger partial charge in [0.25, 0.3) is 5.91 Å². The fourth-order valence-electron chi connectivity index (χ4n) is 2.91. The van der Waals surface area contributed by atoms with E-state index >= 15 is 0 Å². The van der Waals surface area contributed by atoms with Crippen LogP contribution >= 0.6 is 0 Å². The summed E-state index contributed by atoms with van der Waals surface area (Å²) in [5.41, 5.74) is 0.980. The lowest BCUT2D eigenvalue weighted by molar-refractivity contribution is -0.116. The molecule has 0 saturated carbocycles. The van der Waals surface area contributed by atoms with E-state index in [0.717, 1.165) is 0 Å². The van der Waals surface area contributed by atoms with Gasteiger partial charge in [-0.3, -0.25) is 9.59 Å². The van der Waals surface area contributed by atoms with E-state index in [4.69, 9.17) is 4.42 Å². The first-order valence-corrected chi connectivity index (χ1v) is 9.39. The molecule has 2 atom stereocenters. The van der Waals surface area contributed by atoms with Gasteiger partial charge in [0, 0.05) is 49.1 Å². The van der Waals surface area contributed by atoms with Crippen LogP contribution in [0.5, 0.6) is 0 Å². The van der Waals surface area contributed by atoms with Crippen LogP contribution in [0.1, 0.15) is 42.0 Å². The zero-order valence-electron chi connectivity index (χ0n) is 16.1. The van der Waals surface area contributed by atoms with E-state index in [9.17, 15) is 14.7 Å². The van der Waals surface area contributed by atoms with Crippen molar-refractivity contribution in [3.05, 3.63) is 72.7 Å². The quantitative estimate of drug-likeness (QED) is 0.515. The maximum atomic E-state index is 12.5. The molecule has 2 aromatic heterocycles. The molecule has 152 valence electrons. The van der Waals surface area contributed by atoms with Crippen molar-refractivity contribution in [1.29, 1.82) is 0 Å². The lowest BCUT2D eigenvalue weighted by atomic mass is 10.1. The fraction of sp³-hybridized carbons (Fsp3) is 0.286. The molecule has 3 N–H and O–H groups in total. The number of hydrogen-bond acceptors (Lipinski definition) is 5. The van der Waals surface area contributed by atoms with Gasteiger partial charge in [0.1, 0.15) is 11.9 Å². The number of amides is 2. The van der Waals surface area contributed by atoms with Crippen molar-refractivity contribution >= 4 is 17.5 Å². The first kappa shape index (κ1) is 20.3. The number of nitrogens with one attached hydrogen (secondary N) is 2. The van der Waals surface area contributed by atoms with Crippen molar-refractivity contribution in [2.24, 2.45) is 0 Å². The van der Waals surface area contributed by atoms with E-state index in [1.54, 1.807) is 55.1 Å². The van der Waals surface area contributed by atoms with Crippen molar-refractivity contribution < 1.29 is 19.1 Å². The van der Waals surface area contributed by atoms with Gasteiger partial charge >= 0.3 is 0 Å². The highest BCUT2D eigenvalue weighted by molar-refractivity contribution is 5.97. The summed E-state index contributed by atoms with van der Waals surface area (Å²) in [4.78, 5) is 28.6. The molecule has 0 fully saturated rings. The second-order valence-corrected chi connectivity index (χ2v) is 6.82. The molecule has 3 rings (SSSR count). The number of carbonyl (C=O) groups excluding carboxylic acids is 2. The predicted octanol–water partition coefficient (Wildman–Crippen LogP) is 2.75. The van der Waals surface area contributed by atoms with Gasteiger partial charge in [-0.05, 0) is 37.3 Å². The number of aliphatic hydroxyl groups is 1. The zero-order valence-corrected chi connectivity index (χ0v) is 16.1. The smallest absolute Gasteiger partial charge is 0.251 e. The number of furan rings is 1. The summed E-state index contributed by atoms with van der Waals surface area (Å²) < 4.78 is 7.00. The molecular weight excluding hydrogens is 372 g/mol. The Labute approximate surface area is 168 Å². The van der Waals surface area contributed by atoms with Gasteiger partial charge in [-0.2, -0.15) is 0 Å². The van der Waals surface area contributed by atoms with E-state index in [2.05, 4.69) is 15.6 Å². The molecular formula is C21H24N4O4. The minimum atomic E-state index is -0.790. The second kappa shape index (κ2) is 9.70. The maximum Gasteiger partial charge on any atom is 0.251 e. The molecule has 0 aliphatic heterocycles. The van der Waals surface area contributed by atoms with Gasteiger partial charge in [-0.15, -0.1) is 0 Å². The van der Waals surface area contributed by atoms with Crippen molar-refractivity contribution in [1.82, 2.24) is 14.9 Å². The Kier molecular flexibility index (Phi) is 6.80. The van der Waals surface area contributed by atoms with Gasteiger partial charge in [-0.25, -0.2) is 4.98 Å². The number of anilines is 1. The summed E-state index contributed by atoms with van der Waals surface area (Å²) in [6, 6.07) is 9.87. The van der Waals surface area contributed by atoms with Crippen LogP contribution < -0.4 is 10.6 Å². The summed E-state index contributed by atoms with van der Waals surface area (Å²) in [5, 5.41) is 15.8. The summed E-state index contributed by atoms with van der Waals surface area (Å²) >= 11 is 0. The summed E-state index contributed by atoms with van der Waals surface area (Å²) in [5.74, 6) is 0.0383. The molecule has 1 aromatic carbocycles. The topological polar surface area (TPSA) is 109 Å². The van der Waals surface area contributed by atoms with Crippen molar-refractivity contribution in [3.63, 3.8) is 0 Å². The van der Waals surface area contributed by atoms with Crippen LogP contribution in [0.4, 0.5) is 5.69 Å². The molecule has 3 aromatic rings. The van der Waals surface area contributed by atoms with Crippen LogP contribution in [0.2, 0.25) is 0 Å². The Balaban J connectivity index is 1.51. The van der Waals surface area contributed by atoms with Crippen LogP contribution in [-0.2, 0) is 11.3 Å². The number of aliphatic hydroxyl groups excluding tert-OH is 1. The molecule has 8 nitrogen and oxygen atoms in total. The molecule has 0 radical (unpaired) electrons. The van der Waals surface area contributed by atoms with E-state index < -0.39 is 6.10 Å². The molecule has 0 bridgehead atoms. The average Bonchev–Trinajstić information content (AvgIpc) is 3.40. The van der Waals surface area contributed by atoms with Crippen LogP contribution in [0, 0.1) is 0 Å². The molecule has 2 heterocycles. The second-order valence-electron chi connectivity index (χ2n) is 6.82. The van der Waals surface area contributed by atoms with Crippen LogP contribution in [0.15, 0.2) is 65.8 Å². The molecule has 8 heteroatoms. The van der Waals surface area contributed by atoms with Crippen LogP contribution in [0.3, 0.4) is 0 Å². The molecule has 0 aliphatic carbocycles. The lowest BCUT2D eigenvalue weighted by Crippen LogP contribution is -2.33. The third-order valence-corrected chi connectivity index (χ3v) is 4.39. The Hall–Kier alpha value is -3.39. The first-order valence-electron chi connectivity index (χ1n) is 9.39. The van der Waals surface area contributed by atoms with Crippen molar-refractivity contribution in [2.45, 2.75) is 38.5 Å². The SMILES string of the molecule is CC(CC(O)c1ccco1)NC(=O)c1cccc(NC(=O)CCn2ccnc2)c1. The van der Waals surface area contributed by atoms with Gasteiger partial charge in [0.05, 0.1) is 12.6 Å². The van der Waals surface area contributed by atoms with E-state index in [1.807, 2.05) is 11.5 Å². The monoisotopic (exact) mass is 396 g/mol. The minimum absolute atomic E-state index is 0.147. The Morgan fingerprint density at radius 2 is 2.14 bits per heavy atom. The van der Waals surface area contributed by atoms with Gasteiger partial charge in [0.15, 0.2) is 0 Å². The highest BCUT2D eigenvalue weighted by atomic mass is 16.4. The number of rotatable bonds is 9. The molecule has 0 aliphatic rings. The Morgan fingerprint density at radius 1 is 1.28 bits per heavy atom. The lowest BCUT2D eigenvalue weighted by Gasteiger charge is -2.17. The maximum absolute atomic E-state index is 12.5. The van der Waals surface area contributed by atoms with Gasteiger partial charge in [-0.1, -0.05) is 6.07 Å². The molecule has 0 saturated heterocycles. The first-order chi connectivity index (χ1) is 14.0. The molecule has 2 amide bonds. The van der Waals surface area contributed by atoms with Gasteiger partial charge < -0.3 is 24.7 Å². The summed E-state index contributed by atoms with van der Waals surface area (Å²) in [6.45, 7) is 2.34. The summed E-state index contributed by atoms with van der Waals surface area (Å²) in [7, 11) is 0. The zero-order chi connectivity index (χ0) is 20.6. The van der Waals surface area contributed by atoms with E-state index in [0.29, 0.717) is 36.4 Å².